The predicted molar refractivity (Wildman–Crippen MR) is 61.9 cm³/mol. The standard InChI is InChI=1S/C9H6BrClN2S/c10-7-3-1-2-6(4-7)5-8-12-9(11)14-13-8/h1-4H,5H2. The number of hydrogen-bond acceptors (Lipinski definition) is 3. The third-order valence-corrected chi connectivity index (χ3v) is 3.02. The van der Waals surface area contributed by atoms with Crippen LogP contribution in [0.15, 0.2) is 28.7 Å². The lowest BCUT2D eigenvalue weighted by atomic mass is 10.1. The van der Waals surface area contributed by atoms with Crippen LogP contribution in [0.25, 0.3) is 0 Å². The molecule has 1 aromatic heterocycles. The highest BCUT2D eigenvalue weighted by atomic mass is 79.9. The zero-order valence-electron chi connectivity index (χ0n) is 7.08. The number of hydrogen-bond donors (Lipinski definition) is 0. The van der Waals surface area contributed by atoms with Crippen LogP contribution in [0.3, 0.4) is 0 Å². The molecule has 0 aliphatic carbocycles. The van der Waals surface area contributed by atoms with Gasteiger partial charge in [-0.05, 0) is 40.8 Å². The molecule has 0 spiro atoms. The zero-order valence-corrected chi connectivity index (χ0v) is 10.2. The molecule has 5 heteroatoms. The van der Waals surface area contributed by atoms with Crippen molar-refractivity contribution < 1.29 is 0 Å². The van der Waals surface area contributed by atoms with Crippen molar-refractivity contribution in [1.29, 1.82) is 0 Å². The molecule has 0 unspecified atom stereocenters. The number of benzene rings is 1. The van der Waals surface area contributed by atoms with Crippen LogP contribution >= 0.6 is 39.1 Å². The van der Waals surface area contributed by atoms with Crippen molar-refractivity contribution in [3.8, 4) is 0 Å². The van der Waals surface area contributed by atoms with Gasteiger partial charge >= 0.3 is 0 Å². The van der Waals surface area contributed by atoms with Crippen LogP contribution in [-0.2, 0) is 6.42 Å². The Bertz CT molecular complexity index is 444. The maximum atomic E-state index is 5.69. The average molecular weight is 290 g/mol. The molecular formula is C9H6BrClN2S. The van der Waals surface area contributed by atoms with Crippen LogP contribution in [0.5, 0.6) is 0 Å². The van der Waals surface area contributed by atoms with E-state index in [4.69, 9.17) is 11.6 Å². The van der Waals surface area contributed by atoms with Crippen LogP contribution in [0, 0.1) is 0 Å². The average Bonchev–Trinajstić information content (AvgIpc) is 2.51. The van der Waals surface area contributed by atoms with E-state index in [-0.39, 0.29) is 0 Å². The molecule has 2 nitrogen and oxygen atoms in total. The van der Waals surface area contributed by atoms with Gasteiger partial charge in [0.1, 0.15) is 5.82 Å². The molecule has 72 valence electrons. The van der Waals surface area contributed by atoms with Crippen LogP contribution < -0.4 is 0 Å². The molecule has 0 saturated carbocycles. The number of aromatic nitrogens is 2. The molecule has 0 fully saturated rings. The first kappa shape index (κ1) is 10.1. The first-order valence-electron chi connectivity index (χ1n) is 3.96. The zero-order chi connectivity index (χ0) is 9.97. The lowest BCUT2D eigenvalue weighted by molar-refractivity contribution is 1.04. The lowest BCUT2D eigenvalue weighted by Gasteiger charge is -1.97. The molecule has 1 heterocycles. The largest absolute Gasteiger partial charge is 0.208 e. The highest BCUT2D eigenvalue weighted by Gasteiger charge is 2.03. The van der Waals surface area contributed by atoms with E-state index in [1.165, 1.54) is 17.1 Å². The second kappa shape index (κ2) is 4.38. The smallest absolute Gasteiger partial charge is 0.203 e. The summed E-state index contributed by atoms with van der Waals surface area (Å²) < 4.78 is 5.69. The van der Waals surface area contributed by atoms with E-state index in [0.717, 1.165) is 16.7 Å². The van der Waals surface area contributed by atoms with Gasteiger partial charge in [-0.1, -0.05) is 28.1 Å². The fraction of sp³-hybridized carbons (Fsp3) is 0.111. The predicted octanol–water partition coefficient (Wildman–Crippen LogP) is 3.54. The summed E-state index contributed by atoms with van der Waals surface area (Å²) in [7, 11) is 0. The van der Waals surface area contributed by atoms with E-state index < -0.39 is 0 Å². The second-order valence-electron chi connectivity index (χ2n) is 2.77. The minimum atomic E-state index is 0.495. The van der Waals surface area contributed by atoms with Gasteiger partial charge in [0.25, 0.3) is 0 Å². The topological polar surface area (TPSA) is 25.8 Å². The molecule has 2 aromatic rings. The first-order valence-corrected chi connectivity index (χ1v) is 5.91. The maximum absolute atomic E-state index is 5.69. The van der Waals surface area contributed by atoms with Crippen molar-refractivity contribution in [2.45, 2.75) is 6.42 Å². The Balaban J connectivity index is 2.18. The van der Waals surface area contributed by atoms with Gasteiger partial charge in [0.15, 0.2) is 0 Å². The molecule has 0 saturated heterocycles. The molecular weight excluding hydrogens is 284 g/mol. The molecule has 0 aliphatic rings. The highest BCUT2D eigenvalue weighted by Crippen LogP contribution is 2.16. The van der Waals surface area contributed by atoms with Gasteiger partial charge in [0.2, 0.25) is 4.47 Å². The van der Waals surface area contributed by atoms with Gasteiger partial charge in [-0.25, -0.2) is 4.98 Å². The fourth-order valence-electron chi connectivity index (χ4n) is 1.13. The molecule has 0 aliphatic heterocycles. The molecule has 0 N–H and O–H groups in total. The minimum Gasteiger partial charge on any atom is -0.208 e. The van der Waals surface area contributed by atoms with Gasteiger partial charge in [-0.2, -0.15) is 4.37 Å². The van der Waals surface area contributed by atoms with Crippen LogP contribution in [0.4, 0.5) is 0 Å². The Morgan fingerprint density at radius 3 is 2.93 bits per heavy atom. The van der Waals surface area contributed by atoms with E-state index in [0.29, 0.717) is 4.47 Å². The Labute approximate surface area is 99.2 Å². The second-order valence-corrected chi connectivity index (χ2v) is 5.02. The normalized spacial score (nSPS) is 10.4. The SMILES string of the molecule is Clc1nc(Cc2cccc(Br)c2)ns1. The summed E-state index contributed by atoms with van der Waals surface area (Å²) in [6, 6.07) is 8.08. The van der Waals surface area contributed by atoms with E-state index >= 15 is 0 Å². The summed E-state index contributed by atoms with van der Waals surface area (Å²) in [6.07, 6.45) is 0.725. The van der Waals surface area contributed by atoms with Gasteiger partial charge in [-0.15, -0.1) is 0 Å². The van der Waals surface area contributed by atoms with Gasteiger partial charge < -0.3 is 0 Å². The highest BCUT2D eigenvalue weighted by molar-refractivity contribution is 9.10. The summed E-state index contributed by atoms with van der Waals surface area (Å²) in [5.74, 6) is 0.776. The summed E-state index contributed by atoms with van der Waals surface area (Å²) in [6.45, 7) is 0. The fourth-order valence-corrected chi connectivity index (χ4v) is 2.21. The quantitative estimate of drug-likeness (QED) is 0.845. The van der Waals surface area contributed by atoms with Crippen molar-refractivity contribution in [2.75, 3.05) is 0 Å². The molecule has 14 heavy (non-hydrogen) atoms. The molecule has 0 bridgehead atoms. The van der Waals surface area contributed by atoms with Crippen molar-refractivity contribution in [3.63, 3.8) is 0 Å². The summed E-state index contributed by atoms with van der Waals surface area (Å²) in [5, 5.41) is 0. The molecule has 0 amide bonds. The van der Waals surface area contributed by atoms with Gasteiger partial charge in [0, 0.05) is 10.9 Å². The maximum Gasteiger partial charge on any atom is 0.203 e. The van der Waals surface area contributed by atoms with Crippen LogP contribution in [0.2, 0.25) is 4.47 Å². The molecule has 0 atom stereocenters. The molecule has 1 aromatic carbocycles. The summed E-state index contributed by atoms with van der Waals surface area (Å²) >= 11 is 10.3. The van der Waals surface area contributed by atoms with Crippen LogP contribution in [-0.4, -0.2) is 9.36 Å². The first-order chi connectivity index (χ1) is 6.74. The van der Waals surface area contributed by atoms with Crippen molar-refractivity contribution >= 4 is 39.1 Å². The molecule has 0 radical (unpaired) electrons. The van der Waals surface area contributed by atoms with E-state index in [1.54, 1.807) is 0 Å². The number of rotatable bonds is 2. The third-order valence-electron chi connectivity index (χ3n) is 1.69. The lowest BCUT2D eigenvalue weighted by Crippen LogP contribution is -1.89. The Morgan fingerprint density at radius 2 is 2.29 bits per heavy atom. The van der Waals surface area contributed by atoms with E-state index in [1.807, 2.05) is 18.2 Å². The molecule has 2 rings (SSSR count). The Hall–Kier alpha value is -0.450. The number of halogens is 2. The van der Waals surface area contributed by atoms with Crippen LogP contribution in [0.1, 0.15) is 11.4 Å². The summed E-state index contributed by atoms with van der Waals surface area (Å²) in [4.78, 5) is 4.09. The number of nitrogens with zero attached hydrogens (tertiary/aromatic N) is 2. The monoisotopic (exact) mass is 288 g/mol. The van der Waals surface area contributed by atoms with Gasteiger partial charge in [0.05, 0.1) is 0 Å². The van der Waals surface area contributed by atoms with Crippen molar-refractivity contribution in [2.24, 2.45) is 0 Å². The Morgan fingerprint density at radius 1 is 1.43 bits per heavy atom. The minimum absolute atomic E-state index is 0.495. The van der Waals surface area contributed by atoms with Crippen molar-refractivity contribution in [3.05, 3.63) is 44.6 Å². The van der Waals surface area contributed by atoms with Gasteiger partial charge in [-0.3, -0.25) is 0 Å². The summed E-state index contributed by atoms with van der Waals surface area (Å²) in [5.41, 5.74) is 1.17. The van der Waals surface area contributed by atoms with E-state index in [9.17, 15) is 0 Å². The van der Waals surface area contributed by atoms with E-state index in [2.05, 4.69) is 31.4 Å². The Kier molecular flexibility index (Phi) is 3.15. The third kappa shape index (κ3) is 2.53. The van der Waals surface area contributed by atoms with Crippen molar-refractivity contribution in [1.82, 2.24) is 9.36 Å².